The molecule has 7 nitrogen and oxygen atoms in total. The van der Waals surface area contributed by atoms with Gasteiger partial charge in [-0.2, -0.15) is 0 Å². The third kappa shape index (κ3) is 6.21. The van der Waals surface area contributed by atoms with E-state index in [4.69, 9.17) is 9.47 Å². The predicted octanol–water partition coefficient (Wildman–Crippen LogP) is 1.73. The number of ether oxygens (including phenoxy) is 2. The number of carbonyl (C=O) groups excluding carboxylic acids is 1. The molecular formula is C21H30N2O5. The summed E-state index contributed by atoms with van der Waals surface area (Å²) < 4.78 is 11.0. The molecule has 2 fully saturated rings. The van der Waals surface area contributed by atoms with Gasteiger partial charge in [-0.1, -0.05) is 18.2 Å². The summed E-state index contributed by atoms with van der Waals surface area (Å²) in [5, 5.41) is 9.26. The third-order valence-corrected chi connectivity index (χ3v) is 5.71. The van der Waals surface area contributed by atoms with Crippen molar-refractivity contribution in [2.45, 2.75) is 19.3 Å². The number of piperidine rings is 1. The lowest BCUT2D eigenvalue weighted by Crippen LogP contribution is -2.47. The predicted molar refractivity (Wildman–Crippen MR) is 104 cm³/mol. The number of morpholine rings is 1. The lowest BCUT2D eigenvalue weighted by molar-refractivity contribution is -0.140. The Kier molecular flexibility index (Phi) is 7.68. The molecule has 0 radical (unpaired) electrons. The minimum Gasteiger partial charge on any atom is -0.484 e. The van der Waals surface area contributed by atoms with Gasteiger partial charge in [-0.15, -0.1) is 0 Å². The number of likely N-dealkylation sites (tertiary alicyclic amines) is 1. The molecule has 2 heterocycles. The molecule has 2 saturated heterocycles. The molecule has 3 rings (SSSR count). The van der Waals surface area contributed by atoms with Crippen LogP contribution < -0.4 is 4.74 Å². The molecule has 2 unspecified atom stereocenters. The smallest absolute Gasteiger partial charge is 0.303 e. The van der Waals surface area contributed by atoms with Gasteiger partial charge in [0.15, 0.2) is 6.61 Å². The quantitative estimate of drug-likeness (QED) is 0.728. The first kappa shape index (κ1) is 20.6. The van der Waals surface area contributed by atoms with Gasteiger partial charge in [0.25, 0.3) is 5.91 Å². The molecule has 0 spiro atoms. The molecule has 2 aliphatic rings. The summed E-state index contributed by atoms with van der Waals surface area (Å²) >= 11 is 0. The van der Waals surface area contributed by atoms with Gasteiger partial charge in [0.1, 0.15) is 5.75 Å². The normalized spacial score (nSPS) is 23.4. The van der Waals surface area contributed by atoms with Crippen LogP contribution in [-0.2, 0) is 14.3 Å². The lowest BCUT2D eigenvalue weighted by Gasteiger charge is -2.39. The van der Waals surface area contributed by atoms with Gasteiger partial charge in [-0.25, -0.2) is 0 Å². The van der Waals surface area contributed by atoms with Gasteiger partial charge < -0.3 is 19.5 Å². The molecule has 2 atom stereocenters. The number of aliphatic carboxylic acids is 1. The molecule has 1 N–H and O–H groups in total. The zero-order valence-electron chi connectivity index (χ0n) is 16.3. The Morgan fingerprint density at radius 2 is 1.86 bits per heavy atom. The highest BCUT2D eigenvalue weighted by Crippen LogP contribution is 2.29. The van der Waals surface area contributed by atoms with Crippen molar-refractivity contribution in [1.29, 1.82) is 0 Å². The van der Waals surface area contributed by atoms with E-state index in [-0.39, 0.29) is 30.8 Å². The molecule has 2 aliphatic heterocycles. The first-order valence-corrected chi connectivity index (χ1v) is 10.1. The monoisotopic (exact) mass is 390 g/mol. The summed E-state index contributed by atoms with van der Waals surface area (Å²) in [6, 6.07) is 9.31. The second-order valence-corrected chi connectivity index (χ2v) is 7.59. The Morgan fingerprint density at radius 3 is 2.57 bits per heavy atom. The number of nitrogens with zero attached hydrogens (tertiary/aromatic N) is 2. The van der Waals surface area contributed by atoms with Crippen LogP contribution >= 0.6 is 0 Å². The van der Waals surface area contributed by atoms with Crippen molar-refractivity contribution in [3.63, 3.8) is 0 Å². The van der Waals surface area contributed by atoms with E-state index in [1.54, 1.807) is 0 Å². The van der Waals surface area contributed by atoms with Crippen molar-refractivity contribution < 1.29 is 24.2 Å². The van der Waals surface area contributed by atoms with Gasteiger partial charge in [0.05, 0.1) is 13.2 Å². The Labute approximate surface area is 166 Å². The third-order valence-electron chi connectivity index (χ3n) is 5.71. The van der Waals surface area contributed by atoms with Gasteiger partial charge in [-0.05, 0) is 43.4 Å². The van der Waals surface area contributed by atoms with E-state index in [1.807, 2.05) is 35.2 Å². The second-order valence-electron chi connectivity index (χ2n) is 7.59. The molecular weight excluding hydrogens is 360 g/mol. The van der Waals surface area contributed by atoms with Gasteiger partial charge >= 0.3 is 5.97 Å². The average molecular weight is 390 g/mol. The van der Waals surface area contributed by atoms with Crippen LogP contribution in [0.25, 0.3) is 0 Å². The number of amides is 1. The standard InChI is InChI=1S/C21H30N2O5/c24-20(16-28-19-4-2-1-3-5-19)23-9-7-17(14-21(25)26)18(15-23)6-8-22-10-12-27-13-11-22/h1-5,17-18H,6-16H2,(H,25,26). The Bertz CT molecular complexity index is 633. The summed E-state index contributed by atoms with van der Waals surface area (Å²) in [4.78, 5) is 28.1. The lowest BCUT2D eigenvalue weighted by atomic mass is 9.81. The fourth-order valence-electron chi connectivity index (χ4n) is 4.05. The number of carbonyl (C=O) groups is 2. The molecule has 28 heavy (non-hydrogen) atoms. The van der Waals surface area contributed by atoms with E-state index in [9.17, 15) is 14.7 Å². The van der Waals surface area contributed by atoms with Crippen molar-refractivity contribution in [2.24, 2.45) is 11.8 Å². The Morgan fingerprint density at radius 1 is 1.11 bits per heavy atom. The van der Waals surface area contributed by atoms with Gasteiger partial charge in [0.2, 0.25) is 0 Å². The topological polar surface area (TPSA) is 79.3 Å². The highest BCUT2D eigenvalue weighted by molar-refractivity contribution is 5.78. The fraction of sp³-hybridized carbons (Fsp3) is 0.619. The van der Waals surface area contributed by atoms with E-state index in [0.29, 0.717) is 18.8 Å². The maximum atomic E-state index is 12.6. The van der Waals surface area contributed by atoms with Crippen LogP contribution in [0.3, 0.4) is 0 Å². The second kappa shape index (κ2) is 10.4. The Balaban J connectivity index is 1.53. The summed E-state index contributed by atoms with van der Waals surface area (Å²) in [6.45, 7) is 5.50. The van der Waals surface area contributed by atoms with Crippen molar-refractivity contribution >= 4 is 11.9 Å². The van der Waals surface area contributed by atoms with Crippen molar-refractivity contribution in [1.82, 2.24) is 9.80 Å². The molecule has 0 aromatic heterocycles. The molecule has 1 aromatic carbocycles. The molecule has 0 aliphatic carbocycles. The fourth-order valence-corrected chi connectivity index (χ4v) is 4.05. The highest BCUT2D eigenvalue weighted by Gasteiger charge is 2.33. The number of carboxylic acid groups (broad SMARTS) is 1. The van der Waals surface area contributed by atoms with E-state index < -0.39 is 5.97 Å². The zero-order valence-corrected chi connectivity index (χ0v) is 16.3. The van der Waals surface area contributed by atoms with Crippen LogP contribution in [-0.4, -0.2) is 79.3 Å². The van der Waals surface area contributed by atoms with Crippen LogP contribution in [0, 0.1) is 11.8 Å². The van der Waals surface area contributed by atoms with E-state index in [0.717, 1.165) is 45.7 Å². The van der Waals surface area contributed by atoms with Crippen LogP contribution in [0.15, 0.2) is 30.3 Å². The van der Waals surface area contributed by atoms with Crippen molar-refractivity contribution in [2.75, 3.05) is 52.5 Å². The maximum Gasteiger partial charge on any atom is 0.303 e. The number of hydrogen-bond donors (Lipinski definition) is 1. The van der Waals surface area contributed by atoms with E-state index in [2.05, 4.69) is 4.90 Å². The highest BCUT2D eigenvalue weighted by atomic mass is 16.5. The molecule has 0 saturated carbocycles. The first-order chi connectivity index (χ1) is 13.6. The van der Waals surface area contributed by atoms with Gasteiger partial charge in [0, 0.05) is 32.6 Å². The minimum atomic E-state index is -0.756. The molecule has 154 valence electrons. The molecule has 1 aromatic rings. The molecule has 7 heteroatoms. The number of carboxylic acids is 1. The van der Waals surface area contributed by atoms with Crippen LogP contribution in [0.2, 0.25) is 0 Å². The van der Waals surface area contributed by atoms with E-state index >= 15 is 0 Å². The number of para-hydroxylation sites is 1. The first-order valence-electron chi connectivity index (χ1n) is 10.1. The summed E-state index contributed by atoms with van der Waals surface area (Å²) in [5.41, 5.74) is 0. The number of rotatable bonds is 8. The summed E-state index contributed by atoms with van der Waals surface area (Å²) in [7, 11) is 0. The average Bonchev–Trinajstić information content (AvgIpc) is 2.72. The minimum absolute atomic E-state index is 0.0177. The molecule has 0 bridgehead atoms. The summed E-state index contributed by atoms with van der Waals surface area (Å²) in [5.74, 6) is 0.217. The van der Waals surface area contributed by atoms with Crippen LogP contribution in [0.5, 0.6) is 5.75 Å². The van der Waals surface area contributed by atoms with E-state index in [1.165, 1.54) is 0 Å². The van der Waals surface area contributed by atoms with Crippen molar-refractivity contribution in [3.8, 4) is 5.75 Å². The molecule has 1 amide bonds. The zero-order chi connectivity index (χ0) is 19.8. The maximum absolute atomic E-state index is 12.6. The van der Waals surface area contributed by atoms with Crippen molar-refractivity contribution in [3.05, 3.63) is 30.3 Å². The number of benzene rings is 1. The summed E-state index contributed by atoms with van der Waals surface area (Å²) in [6.07, 6.45) is 1.81. The Hall–Kier alpha value is -2.12. The largest absolute Gasteiger partial charge is 0.484 e. The van der Waals surface area contributed by atoms with Crippen LogP contribution in [0.1, 0.15) is 19.3 Å². The number of hydrogen-bond acceptors (Lipinski definition) is 5. The SMILES string of the molecule is O=C(O)CC1CCN(C(=O)COc2ccccc2)CC1CCN1CCOCC1. The van der Waals surface area contributed by atoms with Crippen LogP contribution in [0.4, 0.5) is 0 Å². The van der Waals surface area contributed by atoms with Gasteiger partial charge in [-0.3, -0.25) is 14.5 Å².